The van der Waals surface area contributed by atoms with E-state index in [-0.39, 0.29) is 12.1 Å². The number of alkyl carbamates (subject to hydrolysis) is 1. The van der Waals surface area contributed by atoms with Crippen LogP contribution in [-0.2, 0) is 11.3 Å². The Balaban J connectivity index is 1.48. The Hall–Kier alpha value is -1.56. The third kappa shape index (κ3) is 4.29. The number of hydrogen-bond donors (Lipinski definition) is 2. The van der Waals surface area contributed by atoms with Crippen LogP contribution < -0.4 is 10.6 Å². The zero-order valence-corrected chi connectivity index (χ0v) is 15.0. The number of imidazole rings is 1. The van der Waals surface area contributed by atoms with Crippen LogP contribution in [0.3, 0.4) is 0 Å². The standard InChI is InChI=1S/C18H30N4O2/c1-18(2,3)24-17(23)21-16-14-5-4-13(10-14)15(16)11-19-6-8-22-9-7-20-12-22/h7,9,12-16,19H,4-6,8,10-11H2,1-3H3,(H,21,23)/t13-,14+,15+,16-/m0/s1. The molecule has 1 heterocycles. The molecule has 0 spiro atoms. The van der Waals surface area contributed by atoms with E-state index in [0.717, 1.165) is 25.6 Å². The first-order valence-electron chi connectivity index (χ1n) is 9.08. The van der Waals surface area contributed by atoms with E-state index >= 15 is 0 Å². The highest BCUT2D eigenvalue weighted by Crippen LogP contribution is 2.48. The molecule has 1 aromatic heterocycles. The molecule has 0 aromatic carbocycles. The van der Waals surface area contributed by atoms with Crippen LogP contribution in [0.2, 0.25) is 0 Å². The van der Waals surface area contributed by atoms with E-state index in [1.165, 1.54) is 19.3 Å². The highest BCUT2D eigenvalue weighted by molar-refractivity contribution is 5.68. The Morgan fingerprint density at radius 1 is 1.33 bits per heavy atom. The van der Waals surface area contributed by atoms with Gasteiger partial charge in [-0.05, 0) is 57.8 Å². The van der Waals surface area contributed by atoms with Crippen LogP contribution in [0.4, 0.5) is 4.79 Å². The van der Waals surface area contributed by atoms with Gasteiger partial charge in [-0.15, -0.1) is 0 Å². The second-order valence-electron chi connectivity index (χ2n) is 8.17. The number of fused-ring (bicyclic) bond motifs is 2. The molecule has 2 bridgehead atoms. The normalized spacial score (nSPS) is 29.0. The number of carbonyl (C=O) groups is 1. The van der Waals surface area contributed by atoms with Crippen LogP contribution >= 0.6 is 0 Å². The molecule has 2 saturated carbocycles. The molecular formula is C18H30N4O2. The Kier molecular flexibility index (Phi) is 5.13. The number of hydrogen-bond acceptors (Lipinski definition) is 4. The maximum atomic E-state index is 12.2. The molecule has 24 heavy (non-hydrogen) atoms. The summed E-state index contributed by atoms with van der Waals surface area (Å²) >= 11 is 0. The first-order chi connectivity index (χ1) is 11.4. The summed E-state index contributed by atoms with van der Waals surface area (Å²) in [6.07, 6.45) is 9.12. The summed E-state index contributed by atoms with van der Waals surface area (Å²) in [6.45, 7) is 8.51. The molecule has 1 aromatic rings. The zero-order chi connectivity index (χ0) is 17.2. The average Bonchev–Trinajstić information content (AvgIpc) is 3.20. The Morgan fingerprint density at radius 3 is 2.83 bits per heavy atom. The molecule has 134 valence electrons. The zero-order valence-electron chi connectivity index (χ0n) is 15.0. The molecule has 4 atom stereocenters. The molecule has 6 heteroatoms. The minimum atomic E-state index is -0.444. The van der Waals surface area contributed by atoms with E-state index in [1.54, 1.807) is 6.20 Å². The van der Waals surface area contributed by atoms with Crippen molar-refractivity contribution in [2.75, 3.05) is 13.1 Å². The van der Waals surface area contributed by atoms with Gasteiger partial charge in [-0.3, -0.25) is 0 Å². The highest BCUT2D eigenvalue weighted by Gasteiger charge is 2.48. The third-order valence-electron chi connectivity index (χ3n) is 5.26. The first kappa shape index (κ1) is 17.3. The van der Waals surface area contributed by atoms with Crippen LogP contribution in [0.1, 0.15) is 40.0 Å². The number of amides is 1. The van der Waals surface area contributed by atoms with Crippen molar-refractivity contribution in [3.63, 3.8) is 0 Å². The van der Waals surface area contributed by atoms with Gasteiger partial charge in [0.1, 0.15) is 5.60 Å². The Bertz CT molecular complexity index is 538. The number of rotatable bonds is 6. The number of carbonyl (C=O) groups excluding carboxylic acids is 1. The lowest BCUT2D eigenvalue weighted by Gasteiger charge is -2.32. The molecular weight excluding hydrogens is 304 g/mol. The largest absolute Gasteiger partial charge is 0.444 e. The van der Waals surface area contributed by atoms with E-state index in [2.05, 4.69) is 20.2 Å². The maximum absolute atomic E-state index is 12.2. The summed E-state index contributed by atoms with van der Waals surface area (Å²) in [6, 6.07) is 0.249. The van der Waals surface area contributed by atoms with Gasteiger partial charge in [-0.25, -0.2) is 9.78 Å². The second-order valence-corrected chi connectivity index (χ2v) is 8.17. The number of nitrogens with one attached hydrogen (secondary N) is 2. The van der Waals surface area contributed by atoms with Crippen LogP contribution in [0.5, 0.6) is 0 Å². The summed E-state index contributed by atoms with van der Waals surface area (Å²) in [5.41, 5.74) is -0.444. The van der Waals surface area contributed by atoms with Gasteiger partial charge in [0.2, 0.25) is 0 Å². The molecule has 0 saturated heterocycles. The summed E-state index contributed by atoms with van der Waals surface area (Å²) in [5.74, 6) is 1.86. The van der Waals surface area contributed by atoms with Gasteiger partial charge in [-0.1, -0.05) is 0 Å². The molecule has 2 aliphatic carbocycles. The van der Waals surface area contributed by atoms with Crippen LogP contribution in [-0.4, -0.2) is 40.4 Å². The quantitative estimate of drug-likeness (QED) is 0.784. The highest BCUT2D eigenvalue weighted by atomic mass is 16.6. The number of nitrogens with zero attached hydrogens (tertiary/aromatic N) is 2. The fourth-order valence-corrected chi connectivity index (χ4v) is 4.27. The van der Waals surface area contributed by atoms with Gasteiger partial charge in [-0.2, -0.15) is 0 Å². The molecule has 1 amide bonds. The lowest BCUT2D eigenvalue weighted by molar-refractivity contribution is 0.0462. The fraction of sp³-hybridized carbons (Fsp3) is 0.778. The molecule has 6 nitrogen and oxygen atoms in total. The van der Waals surface area contributed by atoms with Gasteiger partial charge in [0.05, 0.1) is 6.33 Å². The van der Waals surface area contributed by atoms with Crippen molar-refractivity contribution < 1.29 is 9.53 Å². The fourth-order valence-electron chi connectivity index (χ4n) is 4.27. The van der Waals surface area contributed by atoms with Crippen LogP contribution in [0.25, 0.3) is 0 Å². The molecule has 2 aliphatic rings. The smallest absolute Gasteiger partial charge is 0.407 e. The predicted molar refractivity (Wildman–Crippen MR) is 92.6 cm³/mol. The number of aromatic nitrogens is 2. The van der Waals surface area contributed by atoms with Gasteiger partial charge in [0.25, 0.3) is 0 Å². The molecule has 2 fully saturated rings. The Labute approximate surface area is 144 Å². The van der Waals surface area contributed by atoms with Gasteiger partial charge < -0.3 is 19.9 Å². The first-order valence-corrected chi connectivity index (χ1v) is 9.08. The average molecular weight is 334 g/mol. The van der Waals surface area contributed by atoms with E-state index in [4.69, 9.17) is 4.74 Å². The van der Waals surface area contributed by atoms with Crippen molar-refractivity contribution >= 4 is 6.09 Å². The second kappa shape index (κ2) is 7.13. The molecule has 3 rings (SSSR count). The van der Waals surface area contributed by atoms with Crippen molar-refractivity contribution in [1.82, 2.24) is 20.2 Å². The van der Waals surface area contributed by atoms with Gasteiger partial charge in [0, 0.05) is 38.1 Å². The van der Waals surface area contributed by atoms with E-state index < -0.39 is 5.60 Å². The van der Waals surface area contributed by atoms with E-state index in [0.29, 0.717) is 11.8 Å². The molecule has 0 radical (unpaired) electrons. The van der Waals surface area contributed by atoms with Crippen LogP contribution in [0, 0.1) is 17.8 Å². The minimum absolute atomic E-state index is 0.249. The minimum Gasteiger partial charge on any atom is -0.444 e. The topological polar surface area (TPSA) is 68.2 Å². The summed E-state index contributed by atoms with van der Waals surface area (Å²) in [5, 5.41) is 6.72. The molecule has 2 N–H and O–H groups in total. The predicted octanol–water partition coefficient (Wildman–Crippen LogP) is 2.41. The summed E-state index contributed by atoms with van der Waals surface area (Å²) in [4.78, 5) is 16.2. The van der Waals surface area contributed by atoms with Crippen molar-refractivity contribution in [2.24, 2.45) is 17.8 Å². The van der Waals surface area contributed by atoms with Gasteiger partial charge >= 0.3 is 6.09 Å². The monoisotopic (exact) mass is 334 g/mol. The molecule has 0 unspecified atom stereocenters. The van der Waals surface area contributed by atoms with Crippen LogP contribution in [0.15, 0.2) is 18.7 Å². The summed E-state index contributed by atoms with van der Waals surface area (Å²) < 4.78 is 7.52. The number of ether oxygens (including phenoxy) is 1. The molecule has 0 aliphatic heterocycles. The maximum Gasteiger partial charge on any atom is 0.407 e. The van der Waals surface area contributed by atoms with Crippen molar-refractivity contribution in [3.8, 4) is 0 Å². The summed E-state index contributed by atoms with van der Waals surface area (Å²) in [7, 11) is 0. The van der Waals surface area contributed by atoms with Crippen molar-refractivity contribution in [1.29, 1.82) is 0 Å². The van der Waals surface area contributed by atoms with E-state index in [1.807, 2.05) is 33.3 Å². The van der Waals surface area contributed by atoms with Crippen molar-refractivity contribution in [3.05, 3.63) is 18.7 Å². The van der Waals surface area contributed by atoms with E-state index in [9.17, 15) is 4.79 Å². The van der Waals surface area contributed by atoms with Crippen molar-refractivity contribution in [2.45, 2.75) is 58.2 Å². The lowest BCUT2D eigenvalue weighted by Crippen LogP contribution is -2.48. The van der Waals surface area contributed by atoms with Gasteiger partial charge in [0.15, 0.2) is 0 Å². The Morgan fingerprint density at radius 2 is 2.12 bits per heavy atom. The SMILES string of the molecule is CC(C)(C)OC(=O)N[C@H]1[C@@H]2CC[C@@H](C2)[C@H]1CNCCn1ccnc1. The third-order valence-corrected chi connectivity index (χ3v) is 5.26. The lowest BCUT2D eigenvalue weighted by atomic mass is 9.84.